The average molecular weight is 268 g/mol. The van der Waals surface area contributed by atoms with Crippen LogP contribution in [0.25, 0.3) is 0 Å². The normalized spacial score (nSPS) is 12.7. The van der Waals surface area contributed by atoms with E-state index >= 15 is 0 Å². The zero-order valence-corrected chi connectivity index (χ0v) is 9.69. The second kappa shape index (κ2) is 4.53. The molecule has 0 heterocycles. The Bertz CT molecular complexity index is 511. The topological polar surface area (TPSA) is 72.2 Å². The van der Waals surface area contributed by atoms with Crippen LogP contribution in [0.3, 0.4) is 0 Å². The minimum atomic E-state index is -4.60. The molecule has 0 spiro atoms. The van der Waals surface area contributed by atoms with Crippen molar-refractivity contribution in [3.8, 4) is 0 Å². The van der Waals surface area contributed by atoms with Gasteiger partial charge < -0.3 is 5.73 Å². The molecule has 0 aliphatic carbocycles. The Kier molecular flexibility index (Phi) is 3.68. The van der Waals surface area contributed by atoms with Gasteiger partial charge in [0.05, 0.1) is 5.69 Å². The van der Waals surface area contributed by atoms with E-state index in [4.69, 9.17) is 5.73 Å². The Morgan fingerprint density at radius 1 is 1.35 bits per heavy atom. The van der Waals surface area contributed by atoms with Crippen molar-refractivity contribution in [3.63, 3.8) is 0 Å². The molecular formula is C9H11F3N2O2S. The number of rotatable bonds is 3. The average Bonchev–Trinajstić information content (AvgIpc) is 2.13. The quantitative estimate of drug-likeness (QED) is 0.814. The number of sulfonamides is 1. The van der Waals surface area contributed by atoms with Crippen LogP contribution in [0.1, 0.15) is 5.56 Å². The van der Waals surface area contributed by atoms with Gasteiger partial charge in [-0.2, -0.15) is 13.2 Å². The molecule has 1 aromatic carbocycles. The van der Waals surface area contributed by atoms with E-state index in [1.165, 1.54) is 22.9 Å². The first-order valence-electron chi connectivity index (χ1n) is 4.54. The van der Waals surface area contributed by atoms with Gasteiger partial charge in [-0.3, -0.25) is 0 Å². The summed E-state index contributed by atoms with van der Waals surface area (Å²) in [7, 11) is -4.24. The van der Waals surface area contributed by atoms with Crippen molar-refractivity contribution in [2.75, 3.05) is 12.3 Å². The Hall–Kier alpha value is -1.28. The van der Waals surface area contributed by atoms with Gasteiger partial charge in [0.2, 0.25) is 10.0 Å². The number of nitrogens with one attached hydrogen (secondary N) is 1. The SMILES string of the molecule is Cc1ccc(S(=O)(=O)NCC(F)(F)F)c(N)c1. The van der Waals surface area contributed by atoms with Crippen molar-refractivity contribution >= 4 is 15.7 Å². The molecule has 0 aromatic heterocycles. The lowest BCUT2D eigenvalue weighted by atomic mass is 10.2. The number of nitrogens with two attached hydrogens (primary N) is 1. The highest BCUT2D eigenvalue weighted by atomic mass is 32.2. The molecule has 96 valence electrons. The van der Waals surface area contributed by atoms with Gasteiger partial charge in [0.1, 0.15) is 11.4 Å². The molecule has 17 heavy (non-hydrogen) atoms. The number of anilines is 1. The smallest absolute Gasteiger partial charge is 0.398 e. The molecule has 0 atom stereocenters. The fourth-order valence-corrected chi connectivity index (χ4v) is 2.29. The van der Waals surface area contributed by atoms with Crippen LogP contribution in [-0.2, 0) is 10.0 Å². The van der Waals surface area contributed by atoms with Crippen molar-refractivity contribution in [2.24, 2.45) is 0 Å². The molecule has 0 saturated carbocycles. The number of hydrogen-bond donors (Lipinski definition) is 2. The number of nitrogen functional groups attached to an aromatic ring is 1. The Morgan fingerprint density at radius 3 is 2.41 bits per heavy atom. The van der Waals surface area contributed by atoms with Crippen LogP contribution in [0.15, 0.2) is 23.1 Å². The van der Waals surface area contributed by atoms with E-state index in [-0.39, 0.29) is 10.6 Å². The number of alkyl halides is 3. The number of benzene rings is 1. The van der Waals surface area contributed by atoms with E-state index in [2.05, 4.69) is 0 Å². The highest BCUT2D eigenvalue weighted by Crippen LogP contribution is 2.20. The predicted octanol–water partition coefficient (Wildman–Crippen LogP) is 1.42. The van der Waals surface area contributed by atoms with Crippen LogP contribution in [-0.4, -0.2) is 21.1 Å². The molecule has 0 saturated heterocycles. The summed E-state index contributed by atoms with van der Waals surface area (Å²) in [5.41, 5.74) is 6.08. The molecule has 0 aliphatic rings. The van der Waals surface area contributed by atoms with Crippen LogP contribution in [0, 0.1) is 6.92 Å². The lowest BCUT2D eigenvalue weighted by molar-refractivity contribution is -0.121. The largest absolute Gasteiger partial charge is 0.402 e. The molecule has 0 unspecified atom stereocenters. The summed E-state index contributed by atoms with van der Waals surface area (Å²) in [4.78, 5) is -0.354. The van der Waals surface area contributed by atoms with Crippen molar-refractivity contribution in [3.05, 3.63) is 23.8 Å². The standard InChI is InChI=1S/C9H11F3N2O2S/c1-6-2-3-8(7(13)4-6)17(15,16)14-5-9(10,11)12/h2-4,14H,5,13H2,1H3. The van der Waals surface area contributed by atoms with Crippen molar-refractivity contribution in [1.82, 2.24) is 4.72 Å². The zero-order valence-electron chi connectivity index (χ0n) is 8.88. The van der Waals surface area contributed by atoms with Gasteiger partial charge in [-0.15, -0.1) is 0 Å². The van der Waals surface area contributed by atoms with Gasteiger partial charge in [-0.05, 0) is 24.6 Å². The van der Waals surface area contributed by atoms with Crippen LogP contribution >= 0.6 is 0 Å². The summed E-state index contributed by atoms with van der Waals surface area (Å²) >= 11 is 0. The molecule has 3 N–H and O–H groups in total. The molecule has 8 heteroatoms. The molecule has 0 radical (unpaired) electrons. The minimum absolute atomic E-state index is 0.0836. The maximum absolute atomic E-state index is 11.9. The lowest BCUT2D eigenvalue weighted by Crippen LogP contribution is -2.34. The summed E-state index contributed by atoms with van der Waals surface area (Å²) in [6, 6.07) is 4.00. The van der Waals surface area contributed by atoms with Crippen molar-refractivity contribution in [2.45, 2.75) is 18.0 Å². The van der Waals surface area contributed by atoms with E-state index in [1.54, 1.807) is 6.92 Å². The summed E-state index contributed by atoms with van der Waals surface area (Å²) < 4.78 is 60.2. The Morgan fingerprint density at radius 2 is 1.94 bits per heavy atom. The van der Waals surface area contributed by atoms with Gasteiger partial charge in [0.25, 0.3) is 0 Å². The molecule has 4 nitrogen and oxygen atoms in total. The molecular weight excluding hydrogens is 257 g/mol. The van der Waals surface area contributed by atoms with Crippen LogP contribution < -0.4 is 10.5 Å². The summed E-state index contributed by atoms with van der Waals surface area (Å²) in [6.45, 7) is 0.0680. The lowest BCUT2D eigenvalue weighted by Gasteiger charge is -2.11. The third kappa shape index (κ3) is 3.90. The second-order valence-corrected chi connectivity index (χ2v) is 5.22. The van der Waals surface area contributed by atoms with Crippen LogP contribution in [0.5, 0.6) is 0 Å². The van der Waals surface area contributed by atoms with Crippen LogP contribution in [0.2, 0.25) is 0 Å². The Balaban J connectivity index is 2.98. The first-order chi connectivity index (χ1) is 7.62. The third-order valence-electron chi connectivity index (χ3n) is 1.92. The van der Waals surface area contributed by atoms with Crippen molar-refractivity contribution in [1.29, 1.82) is 0 Å². The van der Waals surface area contributed by atoms with Gasteiger partial charge >= 0.3 is 6.18 Å². The third-order valence-corrected chi connectivity index (χ3v) is 3.39. The van der Waals surface area contributed by atoms with E-state index in [0.717, 1.165) is 5.56 Å². The monoisotopic (exact) mass is 268 g/mol. The maximum atomic E-state index is 11.9. The zero-order chi connectivity index (χ0) is 13.3. The van der Waals surface area contributed by atoms with E-state index < -0.39 is 22.7 Å². The predicted molar refractivity (Wildman–Crippen MR) is 56.8 cm³/mol. The molecule has 0 bridgehead atoms. The number of hydrogen-bond acceptors (Lipinski definition) is 3. The maximum Gasteiger partial charge on any atom is 0.402 e. The van der Waals surface area contributed by atoms with Gasteiger partial charge in [-0.1, -0.05) is 6.07 Å². The van der Waals surface area contributed by atoms with Gasteiger partial charge in [0, 0.05) is 0 Å². The van der Waals surface area contributed by atoms with Crippen LogP contribution in [0.4, 0.5) is 18.9 Å². The molecule has 0 fully saturated rings. The first kappa shape index (κ1) is 13.8. The first-order valence-corrected chi connectivity index (χ1v) is 6.03. The number of halogens is 3. The second-order valence-electron chi connectivity index (χ2n) is 3.48. The Labute approximate surface area is 96.7 Å². The molecule has 1 rings (SSSR count). The molecule has 0 amide bonds. The molecule has 0 aliphatic heterocycles. The minimum Gasteiger partial charge on any atom is -0.398 e. The highest BCUT2D eigenvalue weighted by Gasteiger charge is 2.30. The molecule has 1 aromatic rings. The van der Waals surface area contributed by atoms with Gasteiger partial charge in [0.15, 0.2) is 0 Å². The fourth-order valence-electron chi connectivity index (χ4n) is 1.17. The summed E-state index contributed by atoms with van der Waals surface area (Å²) in [5, 5.41) is 0. The van der Waals surface area contributed by atoms with E-state index in [0.29, 0.717) is 0 Å². The number of aryl methyl sites for hydroxylation is 1. The van der Waals surface area contributed by atoms with E-state index in [9.17, 15) is 21.6 Å². The van der Waals surface area contributed by atoms with Gasteiger partial charge in [-0.25, -0.2) is 13.1 Å². The fraction of sp³-hybridized carbons (Fsp3) is 0.333. The van der Waals surface area contributed by atoms with E-state index in [1.807, 2.05) is 0 Å². The summed E-state index contributed by atoms with van der Waals surface area (Å²) in [5.74, 6) is 0. The van der Waals surface area contributed by atoms with Crippen molar-refractivity contribution < 1.29 is 21.6 Å². The summed E-state index contributed by atoms with van der Waals surface area (Å²) in [6.07, 6.45) is -4.60. The highest BCUT2D eigenvalue weighted by molar-refractivity contribution is 7.89.